The van der Waals surface area contributed by atoms with Gasteiger partial charge < -0.3 is 4.98 Å². The van der Waals surface area contributed by atoms with Gasteiger partial charge in [0.1, 0.15) is 0 Å². The molecule has 0 aliphatic rings. The summed E-state index contributed by atoms with van der Waals surface area (Å²) in [4.78, 5) is 14.9. The Balaban J connectivity index is 2.35. The summed E-state index contributed by atoms with van der Waals surface area (Å²) in [7, 11) is 0. The lowest BCUT2D eigenvalue weighted by Gasteiger charge is -2.03. The third-order valence-corrected chi connectivity index (χ3v) is 3.62. The number of hydrogen-bond donors (Lipinski definition) is 1. The number of imidazole rings is 1. The minimum atomic E-state index is -0.124. The molecule has 0 aliphatic carbocycles. The number of H-pyrrole nitrogens is 1. The maximum atomic E-state index is 12.1. The zero-order valence-corrected chi connectivity index (χ0v) is 11.4. The molecule has 90 valence electrons. The van der Waals surface area contributed by atoms with Crippen molar-refractivity contribution in [3.8, 4) is 5.69 Å². The predicted molar refractivity (Wildman–Crippen MR) is 76.3 cm³/mol. The number of fused-ring (bicyclic) bond motifs is 1. The zero-order valence-electron chi connectivity index (χ0n) is 9.77. The number of rotatable bonds is 1. The van der Waals surface area contributed by atoms with E-state index in [1.807, 2.05) is 49.4 Å². The van der Waals surface area contributed by atoms with Gasteiger partial charge in [-0.3, -0.25) is 4.57 Å². The summed E-state index contributed by atoms with van der Waals surface area (Å²) in [5, 5.41) is 0. The highest BCUT2D eigenvalue weighted by Gasteiger charge is 2.09. The van der Waals surface area contributed by atoms with Gasteiger partial charge in [0.25, 0.3) is 0 Å². The monoisotopic (exact) mass is 302 g/mol. The number of nitrogens with one attached hydrogen (secondary N) is 1. The van der Waals surface area contributed by atoms with Crippen LogP contribution < -0.4 is 5.69 Å². The number of hydrogen-bond acceptors (Lipinski definition) is 1. The van der Waals surface area contributed by atoms with Crippen molar-refractivity contribution < 1.29 is 0 Å². The van der Waals surface area contributed by atoms with E-state index in [0.29, 0.717) is 0 Å². The first kappa shape index (κ1) is 11.3. The van der Waals surface area contributed by atoms with Crippen LogP contribution in [0.15, 0.2) is 51.7 Å². The Morgan fingerprint density at radius 3 is 2.56 bits per heavy atom. The van der Waals surface area contributed by atoms with E-state index >= 15 is 0 Å². The van der Waals surface area contributed by atoms with Crippen LogP contribution in [0.4, 0.5) is 0 Å². The van der Waals surface area contributed by atoms with Gasteiger partial charge in [-0.25, -0.2) is 4.79 Å². The summed E-state index contributed by atoms with van der Waals surface area (Å²) in [6.07, 6.45) is 0. The molecule has 0 bridgehead atoms. The van der Waals surface area contributed by atoms with Crippen LogP contribution in [0.2, 0.25) is 0 Å². The molecule has 3 rings (SSSR count). The Morgan fingerprint density at radius 2 is 1.83 bits per heavy atom. The fourth-order valence-corrected chi connectivity index (χ4v) is 2.50. The normalized spacial score (nSPS) is 11.0. The SMILES string of the molecule is Cc1ccc(-n2c(=O)[nH]c3c(Br)cccc32)cc1. The van der Waals surface area contributed by atoms with E-state index in [0.717, 1.165) is 21.2 Å². The second-order valence-corrected chi connectivity index (χ2v) is 5.09. The quantitative estimate of drug-likeness (QED) is 0.735. The molecule has 0 spiro atoms. The molecule has 0 atom stereocenters. The molecule has 0 amide bonds. The third-order valence-electron chi connectivity index (χ3n) is 2.96. The summed E-state index contributed by atoms with van der Waals surface area (Å²) in [5.74, 6) is 0. The molecule has 3 aromatic rings. The maximum Gasteiger partial charge on any atom is 0.331 e. The highest BCUT2D eigenvalue weighted by molar-refractivity contribution is 9.10. The molecule has 0 aliphatic heterocycles. The van der Waals surface area contributed by atoms with Crippen LogP contribution in [0.3, 0.4) is 0 Å². The fourth-order valence-electron chi connectivity index (χ4n) is 2.05. The number of para-hydroxylation sites is 1. The number of halogens is 1. The van der Waals surface area contributed by atoms with E-state index in [1.54, 1.807) is 4.57 Å². The average molecular weight is 303 g/mol. The average Bonchev–Trinajstić information content (AvgIpc) is 2.69. The lowest BCUT2D eigenvalue weighted by atomic mass is 10.2. The molecular formula is C14H11BrN2O. The predicted octanol–water partition coefficient (Wildman–Crippen LogP) is 3.39. The van der Waals surface area contributed by atoms with E-state index in [2.05, 4.69) is 20.9 Å². The van der Waals surface area contributed by atoms with Gasteiger partial charge in [-0.15, -0.1) is 0 Å². The Bertz CT molecular complexity index is 769. The molecule has 18 heavy (non-hydrogen) atoms. The van der Waals surface area contributed by atoms with Crippen LogP contribution in [0, 0.1) is 6.92 Å². The smallest absolute Gasteiger partial charge is 0.304 e. The first-order chi connectivity index (χ1) is 8.66. The number of aryl methyl sites for hydroxylation is 1. The number of nitrogens with zero attached hydrogens (tertiary/aromatic N) is 1. The van der Waals surface area contributed by atoms with Gasteiger partial charge in [0.05, 0.1) is 16.7 Å². The van der Waals surface area contributed by atoms with E-state index < -0.39 is 0 Å². The van der Waals surface area contributed by atoms with Gasteiger partial charge in [-0.2, -0.15) is 0 Å². The molecule has 0 saturated carbocycles. The molecule has 1 N–H and O–H groups in total. The molecule has 0 fully saturated rings. The largest absolute Gasteiger partial charge is 0.331 e. The van der Waals surface area contributed by atoms with E-state index in [9.17, 15) is 4.79 Å². The Labute approximate surface area is 112 Å². The maximum absolute atomic E-state index is 12.1. The first-order valence-electron chi connectivity index (χ1n) is 5.63. The van der Waals surface area contributed by atoms with Gasteiger partial charge in [0, 0.05) is 4.47 Å². The Hall–Kier alpha value is -1.81. The standard InChI is InChI=1S/C14H11BrN2O/c1-9-5-7-10(8-6-9)17-12-4-2-3-11(15)13(12)16-14(17)18/h2-8H,1H3,(H,16,18). The number of aromatic nitrogens is 2. The minimum absolute atomic E-state index is 0.124. The van der Waals surface area contributed by atoms with E-state index in [1.165, 1.54) is 5.56 Å². The topological polar surface area (TPSA) is 37.8 Å². The van der Waals surface area contributed by atoms with Crippen molar-refractivity contribution in [3.63, 3.8) is 0 Å². The zero-order chi connectivity index (χ0) is 12.7. The van der Waals surface area contributed by atoms with E-state index in [4.69, 9.17) is 0 Å². The molecule has 2 aromatic carbocycles. The van der Waals surface area contributed by atoms with Gasteiger partial charge >= 0.3 is 5.69 Å². The lowest BCUT2D eigenvalue weighted by Crippen LogP contribution is -2.14. The van der Waals surface area contributed by atoms with Crippen LogP contribution in [0.25, 0.3) is 16.7 Å². The summed E-state index contributed by atoms with van der Waals surface area (Å²) < 4.78 is 2.57. The van der Waals surface area contributed by atoms with Crippen molar-refractivity contribution in [2.24, 2.45) is 0 Å². The van der Waals surface area contributed by atoms with Gasteiger partial charge in [-0.05, 0) is 47.1 Å². The lowest BCUT2D eigenvalue weighted by molar-refractivity contribution is 1.01. The minimum Gasteiger partial charge on any atom is -0.304 e. The molecule has 1 aromatic heterocycles. The number of aromatic amines is 1. The molecule has 0 radical (unpaired) electrons. The molecule has 0 saturated heterocycles. The summed E-state index contributed by atoms with van der Waals surface area (Å²) in [5.41, 5.74) is 3.62. The van der Waals surface area contributed by atoms with Crippen molar-refractivity contribution in [2.45, 2.75) is 6.92 Å². The van der Waals surface area contributed by atoms with Crippen molar-refractivity contribution >= 4 is 27.0 Å². The van der Waals surface area contributed by atoms with Crippen LogP contribution in [-0.2, 0) is 0 Å². The summed E-state index contributed by atoms with van der Waals surface area (Å²) >= 11 is 3.45. The second-order valence-electron chi connectivity index (χ2n) is 4.24. The number of benzene rings is 2. The Morgan fingerprint density at radius 1 is 1.11 bits per heavy atom. The Kier molecular flexibility index (Phi) is 2.59. The van der Waals surface area contributed by atoms with Crippen LogP contribution in [-0.4, -0.2) is 9.55 Å². The van der Waals surface area contributed by atoms with Crippen molar-refractivity contribution in [2.75, 3.05) is 0 Å². The molecule has 1 heterocycles. The van der Waals surface area contributed by atoms with Gasteiger partial charge in [0.2, 0.25) is 0 Å². The van der Waals surface area contributed by atoms with E-state index in [-0.39, 0.29) is 5.69 Å². The van der Waals surface area contributed by atoms with Crippen molar-refractivity contribution in [1.29, 1.82) is 0 Å². The summed E-state index contributed by atoms with van der Waals surface area (Å²) in [6.45, 7) is 2.03. The van der Waals surface area contributed by atoms with Gasteiger partial charge in [0.15, 0.2) is 0 Å². The van der Waals surface area contributed by atoms with Crippen molar-refractivity contribution in [3.05, 3.63) is 63.0 Å². The van der Waals surface area contributed by atoms with Gasteiger partial charge in [-0.1, -0.05) is 23.8 Å². The first-order valence-corrected chi connectivity index (χ1v) is 6.42. The molecule has 4 heteroatoms. The highest BCUT2D eigenvalue weighted by Crippen LogP contribution is 2.22. The molecule has 0 unspecified atom stereocenters. The molecule has 3 nitrogen and oxygen atoms in total. The summed E-state index contributed by atoms with van der Waals surface area (Å²) in [6, 6.07) is 13.7. The van der Waals surface area contributed by atoms with Crippen LogP contribution >= 0.6 is 15.9 Å². The van der Waals surface area contributed by atoms with Crippen molar-refractivity contribution in [1.82, 2.24) is 9.55 Å². The third kappa shape index (κ3) is 1.69. The fraction of sp³-hybridized carbons (Fsp3) is 0.0714. The van der Waals surface area contributed by atoms with Crippen LogP contribution in [0.5, 0.6) is 0 Å². The highest BCUT2D eigenvalue weighted by atomic mass is 79.9. The second kappa shape index (κ2) is 4.14. The van der Waals surface area contributed by atoms with Crippen LogP contribution in [0.1, 0.15) is 5.56 Å². The molecular weight excluding hydrogens is 292 g/mol.